The molecule has 1 N–H and O–H groups in total. The molecule has 14 heavy (non-hydrogen) atoms. The standard InChI is InChI=1S/C12H14N2/c1-9-4-3-5-10(2)12(9)6-11-7-13-8-14-11/h3-5,7-8H,6H2,1-2H3,(H,13,14). The molecule has 2 aromatic rings. The predicted molar refractivity (Wildman–Crippen MR) is 57.3 cm³/mol. The lowest BCUT2D eigenvalue weighted by molar-refractivity contribution is 1.07. The minimum Gasteiger partial charge on any atom is -0.351 e. The Morgan fingerprint density at radius 3 is 2.50 bits per heavy atom. The van der Waals surface area contributed by atoms with Gasteiger partial charge in [0.1, 0.15) is 0 Å². The first-order valence-electron chi connectivity index (χ1n) is 4.80. The molecule has 0 spiro atoms. The second-order valence-corrected chi connectivity index (χ2v) is 3.61. The van der Waals surface area contributed by atoms with Gasteiger partial charge >= 0.3 is 0 Å². The third-order valence-electron chi connectivity index (χ3n) is 2.56. The molecular weight excluding hydrogens is 172 g/mol. The Morgan fingerprint density at radius 1 is 1.21 bits per heavy atom. The van der Waals surface area contributed by atoms with Crippen LogP contribution < -0.4 is 0 Å². The van der Waals surface area contributed by atoms with Gasteiger partial charge in [-0.25, -0.2) is 4.98 Å². The van der Waals surface area contributed by atoms with Gasteiger partial charge in [0.05, 0.1) is 12.0 Å². The van der Waals surface area contributed by atoms with E-state index in [0.29, 0.717) is 0 Å². The highest BCUT2D eigenvalue weighted by atomic mass is 14.9. The Hall–Kier alpha value is -1.57. The normalized spacial score (nSPS) is 10.4. The van der Waals surface area contributed by atoms with Gasteiger partial charge < -0.3 is 4.98 Å². The van der Waals surface area contributed by atoms with Gasteiger partial charge in [-0.05, 0) is 30.5 Å². The highest BCUT2D eigenvalue weighted by molar-refractivity contribution is 5.35. The van der Waals surface area contributed by atoms with Gasteiger partial charge in [-0.3, -0.25) is 0 Å². The van der Waals surface area contributed by atoms with Crippen molar-refractivity contribution < 1.29 is 0 Å². The maximum Gasteiger partial charge on any atom is 0.0923 e. The molecule has 0 saturated heterocycles. The van der Waals surface area contributed by atoms with Crippen molar-refractivity contribution in [1.82, 2.24) is 9.97 Å². The first-order chi connectivity index (χ1) is 6.77. The zero-order chi connectivity index (χ0) is 9.97. The zero-order valence-corrected chi connectivity index (χ0v) is 8.54. The van der Waals surface area contributed by atoms with E-state index in [9.17, 15) is 0 Å². The average Bonchev–Trinajstić information content (AvgIpc) is 2.64. The second-order valence-electron chi connectivity index (χ2n) is 3.61. The molecule has 2 rings (SSSR count). The van der Waals surface area contributed by atoms with Gasteiger partial charge in [-0.2, -0.15) is 0 Å². The average molecular weight is 186 g/mol. The zero-order valence-electron chi connectivity index (χ0n) is 8.54. The summed E-state index contributed by atoms with van der Waals surface area (Å²) in [5, 5.41) is 0. The number of H-pyrrole nitrogens is 1. The summed E-state index contributed by atoms with van der Waals surface area (Å²) in [6, 6.07) is 6.39. The van der Waals surface area contributed by atoms with Crippen LogP contribution in [0.25, 0.3) is 0 Å². The first-order valence-corrected chi connectivity index (χ1v) is 4.80. The highest BCUT2D eigenvalue weighted by Crippen LogP contribution is 2.16. The molecule has 2 nitrogen and oxygen atoms in total. The molecule has 0 bridgehead atoms. The number of nitrogens with zero attached hydrogens (tertiary/aromatic N) is 1. The molecule has 1 aromatic heterocycles. The fourth-order valence-corrected chi connectivity index (χ4v) is 1.70. The molecule has 1 aromatic carbocycles. The largest absolute Gasteiger partial charge is 0.351 e. The summed E-state index contributed by atoms with van der Waals surface area (Å²) in [6.07, 6.45) is 4.59. The third-order valence-corrected chi connectivity index (χ3v) is 2.56. The lowest BCUT2D eigenvalue weighted by atomic mass is 9.99. The minimum atomic E-state index is 0.919. The summed E-state index contributed by atoms with van der Waals surface area (Å²) in [6.45, 7) is 4.30. The molecule has 72 valence electrons. The van der Waals surface area contributed by atoms with Crippen LogP contribution in [0.2, 0.25) is 0 Å². The van der Waals surface area contributed by atoms with E-state index in [4.69, 9.17) is 0 Å². The van der Waals surface area contributed by atoms with Gasteiger partial charge in [-0.1, -0.05) is 18.2 Å². The van der Waals surface area contributed by atoms with E-state index >= 15 is 0 Å². The summed E-state index contributed by atoms with van der Waals surface area (Å²) >= 11 is 0. The summed E-state index contributed by atoms with van der Waals surface area (Å²) in [5.41, 5.74) is 5.17. The fourth-order valence-electron chi connectivity index (χ4n) is 1.70. The van der Waals surface area contributed by atoms with Crippen molar-refractivity contribution in [3.05, 3.63) is 53.1 Å². The number of hydrogen-bond acceptors (Lipinski definition) is 1. The Labute approximate surface area is 84.0 Å². The Bertz CT molecular complexity index is 396. The predicted octanol–water partition coefficient (Wildman–Crippen LogP) is 2.62. The molecule has 0 unspecified atom stereocenters. The van der Waals surface area contributed by atoms with E-state index in [0.717, 1.165) is 12.1 Å². The number of aryl methyl sites for hydroxylation is 2. The molecule has 0 aliphatic heterocycles. The van der Waals surface area contributed by atoms with Crippen LogP contribution in [0.3, 0.4) is 0 Å². The van der Waals surface area contributed by atoms with Gasteiger partial charge in [0.15, 0.2) is 0 Å². The maximum atomic E-state index is 4.24. The highest BCUT2D eigenvalue weighted by Gasteiger charge is 2.03. The second kappa shape index (κ2) is 3.66. The SMILES string of the molecule is Cc1cccc(C)c1Cc1c[nH]cn1. The number of rotatable bonds is 2. The van der Waals surface area contributed by atoms with Crippen LogP contribution in [-0.2, 0) is 6.42 Å². The molecule has 2 heteroatoms. The molecular formula is C12H14N2. The smallest absolute Gasteiger partial charge is 0.0923 e. The van der Waals surface area contributed by atoms with Crippen LogP contribution in [0.5, 0.6) is 0 Å². The summed E-state index contributed by atoms with van der Waals surface area (Å²) in [4.78, 5) is 7.22. The number of aromatic nitrogens is 2. The van der Waals surface area contributed by atoms with Gasteiger partial charge in [-0.15, -0.1) is 0 Å². The van der Waals surface area contributed by atoms with E-state index in [-0.39, 0.29) is 0 Å². The number of imidazole rings is 1. The number of benzene rings is 1. The lowest BCUT2D eigenvalue weighted by Crippen LogP contribution is -1.95. The minimum absolute atomic E-state index is 0.919. The molecule has 0 amide bonds. The third kappa shape index (κ3) is 1.69. The molecule has 0 aliphatic rings. The molecule has 1 heterocycles. The summed E-state index contributed by atoms with van der Waals surface area (Å²) in [7, 11) is 0. The fraction of sp³-hybridized carbons (Fsp3) is 0.250. The number of aromatic amines is 1. The summed E-state index contributed by atoms with van der Waals surface area (Å²) in [5.74, 6) is 0. The van der Waals surface area contributed by atoms with Gasteiger partial charge in [0.25, 0.3) is 0 Å². The van der Waals surface area contributed by atoms with E-state index in [2.05, 4.69) is 42.0 Å². The monoisotopic (exact) mass is 186 g/mol. The van der Waals surface area contributed by atoms with Crippen LogP contribution in [0.15, 0.2) is 30.7 Å². The Kier molecular flexibility index (Phi) is 2.35. The topological polar surface area (TPSA) is 28.7 Å². The van der Waals surface area contributed by atoms with Crippen molar-refractivity contribution in [3.8, 4) is 0 Å². The Morgan fingerprint density at radius 2 is 1.93 bits per heavy atom. The lowest BCUT2D eigenvalue weighted by Gasteiger charge is -2.07. The van der Waals surface area contributed by atoms with Gasteiger partial charge in [0.2, 0.25) is 0 Å². The van der Waals surface area contributed by atoms with Crippen molar-refractivity contribution in [3.63, 3.8) is 0 Å². The van der Waals surface area contributed by atoms with Crippen molar-refractivity contribution in [1.29, 1.82) is 0 Å². The van der Waals surface area contributed by atoms with Crippen LogP contribution in [0.1, 0.15) is 22.4 Å². The summed E-state index contributed by atoms with van der Waals surface area (Å²) < 4.78 is 0. The molecule has 0 aliphatic carbocycles. The van der Waals surface area contributed by atoms with Crippen molar-refractivity contribution in [2.24, 2.45) is 0 Å². The van der Waals surface area contributed by atoms with E-state index in [1.807, 2.05) is 6.20 Å². The Balaban J connectivity index is 2.33. The quantitative estimate of drug-likeness (QED) is 0.767. The molecule has 0 radical (unpaired) electrons. The van der Waals surface area contributed by atoms with Crippen LogP contribution in [-0.4, -0.2) is 9.97 Å². The van der Waals surface area contributed by atoms with Gasteiger partial charge in [0, 0.05) is 12.6 Å². The molecule has 0 saturated carbocycles. The molecule has 0 atom stereocenters. The van der Waals surface area contributed by atoms with Crippen LogP contribution in [0, 0.1) is 13.8 Å². The first kappa shape index (κ1) is 9.00. The number of nitrogens with one attached hydrogen (secondary N) is 1. The van der Waals surface area contributed by atoms with Crippen molar-refractivity contribution in [2.45, 2.75) is 20.3 Å². The van der Waals surface area contributed by atoms with E-state index in [1.165, 1.54) is 16.7 Å². The van der Waals surface area contributed by atoms with E-state index in [1.54, 1.807) is 6.33 Å². The maximum absolute atomic E-state index is 4.24. The van der Waals surface area contributed by atoms with Crippen molar-refractivity contribution in [2.75, 3.05) is 0 Å². The van der Waals surface area contributed by atoms with E-state index < -0.39 is 0 Å². The number of hydrogen-bond donors (Lipinski definition) is 1. The van der Waals surface area contributed by atoms with Crippen LogP contribution >= 0.6 is 0 Å². The van der Waals surface area contributed by atoms with Crippen LogP contribution in [0.4, 0.5) is 0 Å². The molecule has 0 fully saturated rings. The van der Waals surface area contributed by atoms with Crippen molar-refractivity contribution >= 4 is 0 Å².